The summed E-state index contributed by atoms with van der Waals surface area (Å²) < 4.78 is 1.92. The highest BCUT2D eigenvalue weighted by atomic mass is 79.9. The van der Waals surface area contributed by atoms with Gasteiger partial charge in [-0.05, 0) is 42.3 Å². The highest BCUT2D eigenvalue weighted by Crippen LogP contribution is 2.45. The fourth-order valence-corrected chi connectivity index (χ4v) is 5.41. The number of rotatable bonds is 6. The molecule has 1 aliphatic carbocycles. The normalized spacial score (nSPS) is 20.9. The number of carbonyl (C=O) groups is 3. The van der Waals surface area contributed by atoms with Crippen molar-refractivity contribution < 1.29 is 14.4 Å². The topological polar surface area (TPSA) is 149 Å². The minimum atomic E-state index is -0.786. The minimum absolute atomic E-state index is 0.201. The first-order valence-corrected chi connectivity index (χ1v) is 13.2. The van der Waals surface area contributed by atoms with Gasteiger partial charge < -0.3 is 10.2 Å². The molecule has 0 radical (unpaired) electrons. The van der Waals surface area contributed by atoms with Gasteiger partial charge in [-0.15, -0.1) is 0 Å². The number of likely N-dealkylation sites (tertiary alicyclic amines) is 1. The van der Waals surface area contributed by atoms with E-state index in [4.69, 9.17) is 0 Å². The molecule has 40 heavy (non-hydrogen) atoms. The lowest BCUT2D eigenvalue weighted by atomic mass is 9.76. The molecule has 200 valence electrons. The molecule has 1 N–H and O–H groups in total. The molecule has 0 spiro atoms. The lowest BCUT2D eigenvalue weighted by Crippen LogP contribution is -2.50. The Morgan fingerprint density at radius 2 is 1.93 bits per heavy atom. The molecule has 3 atom stereocenters. The van der Waals surface area contributed by atoms with E-state index in [9.17, 15) is 14.4 Å². The largest absolute Gasteiger partial charge is 0.314 e. The van der Waals surface area contributed by atoms with Gasteiger partial charge in [-0.1, -0.05) is 11.8 Å². The second kappa shape index (κ2) is 9.56. The number of nitrogens with one attached hydrogen (secondary N) is 1. The first kappa shape index (κ1) is 25.7. The zero-order valence-corrected chi connectivity index (χ0v) is 23.3. The van der Waals surface area contributed by atoms with Crippen molar-refractivity contribution in [2.75, 3.05) is 5.32 Å². The van der Waals surface area contributed by atoms with Crippen molar-refractivity contribution in [2.45, 2.75) is 45.8 Å². The van der Waals surface area contributed by atoms with Gasteiger partial charge in [0.25, 0.3) is 0 Å². The number of pyridine rings is 1. The molecule has 1 aliphatic heterocycles. The Labute approximate surface area is 236 Å². The molecular formula is C27H22BrN9O3. The number of nitrogens with zero attached hydrogens (tertiary/aromatic N) is 8. The molecule has 6 rings (SSSR count). The summed E-state index contributed by atoms with van der Waals surface area (Å²) in [6.07, 6.45) is 8.21. The maximum atomic E-state index is 13.8. The first-order chi connectivity index (χ1) is 19.1. The number of aryl methyl sites for hydroxylation is 1. The van der Waals surface area contributed by atoms with Gasteiger partial charge in [0.2, 0.25) is 11.8 Å². The predicted octanol–water partition coefficient (Wildman–Crippen LogP) is 2.58. The van der Waals surface area contributed by atoms with Crippen LogP contribution in [0.5, 0.6) is 0 Å². The van der Waals surface area contributed by atoms with Crippen LogP contribution in [0.3, 0.4) is 0 Å². The maximum absolute atomic E-state index is 13.8. The summed E-state index contributed by atoms with van der Waals surface area (Å²) in [6, 6.07) is 0.545. The van der Waals surface area contributed by atoms with E-state index in [1.54, 1.807) is 31.6 Å². The summed E-state index contributed by atoms with van der Waals surface area (Å²) in [5.41, 5.74) is 1.51. The van der Waals surface area contributed by atoms with Gasteiger partial charge in [0.05, 0.1) is 35.2 Å². The molecular weight excluding hydrogens is 578 g/mol. The Kier molecular flexibility index (Phi) is 6.14. The molecule has 13 heteroatoms. The highest BCUT2D eigenvalue weighted by Gasteiger charge is 2.55. The molecule has 0 aromatic carbocycles. The Hall–Kier alpha value is -4.57. The standard InChI is InChI=1S/C27H22BrN9O3/c1-14(38)25-17-6-18(16-8-30-15(2)31-9-16)32-10-20(17)36(35-25)13-24(39)37-19(7-27(3)5-4-21(27)37)26(40)34-23-12-29-11-22(28)33-23/h6,8-12,19,21H,7,13H2,1-3H3,(H,33,34,40)/t19-,21+,27+/m0/s1. The van der Waals surface area contributed by atoms with Crippen LogP contribution in [0, 0.1) is 24.2 Å². The Bertz CT molecular complexity index is 1780. The number of hydrogen-bond acceptors (Lipinski definition) is 9. The molecule has 4 aromatic heterocycles. The van der Waals surface area contributed by atoms with Crippen LogP contribution in [0.1, 0.15) is 36.6 Å². The predicted molar refractivity (Wildman–Crippen MR) is 147 cm³/mol. The summed E-state index contributed by atoms with van der Waals surface area (Å²) in [4.78, 5) is 62.3. The monoisotopic (exact) mass is 599 g/mol. The van der Waals surface area contributed by atoms with Gasteiger partial charge in [0.1, 0.15) is 34.7 Å². The molecule has 2 amide bonds. The molecule has 12 nitrogen and oxygen atoms in total. The van der Waals surface area contributed by atoms with E-state index in [1.165, 1.54) is 28.9 Å². The number of carbonyl (C=O) groups excluding carboxylic acids is 3. The average Bonchev–Trinajstić information content (AvgIpc) is 3.37. The van der Waals surface area contributed by atoms with E-state index >= 15 is 0 Å². The second-order valence-electron chi connectivity index (χ2n) is 9.99. The third-order valence-electron chi connectivity index (χ3n) is 7.11. The van der Waals surface area contributed by atoms with Crippen LogP contribution < -0.4 is 5.32 Å². The summed E-state index contributed by atoms with van der Waals surface area (Å²) in [7, 11) is 0. The molecule has 1 saturated heterocycles. The van der Waals surface area contributed by atoms with Gasteiger partial charge >= 0.3 is 0 Å². The van der Waals surface area contributed by atoms with Crippen LogP contribution in [0.4, 0.5) is 5.82 Å². The minimum Gasteiger partial charge on any atom is -0.314 e. The molecule has 5 heterocycles. The van der Waals surface area contributed by atoms with E-state index in [-0.39, 0.29) is 35.7 Å². The van der Waals surface area contributed by atoms with E-state index < -0.39 is 17.5 Å². The van der Waals surface area contributed by atoms with Gasteiger partial charge in [-0.2, -0.15) is 5.10 Å². The van der Waals surface area contributed by atoms with E-state index in [0.29, 0.717) is 39.0 Å². The molecule has 2 aliphatic rings. The number of halogens is 1. The number of ketones is 1. The first-order valence-electron chi connectivity index (χ1n) is 12.4. The van der Waals surface area contributed by atoms with Crippen LogP contribution in [0.2, 0.25) is 0 Å². The van der Waals surface area contributed by atoms with Crippen LogP contribution >= 0.6 is 15.9 Å². The number of Topliss-reactive ketones (excluding diaryl/α,β-unsaturated/α-hetero) is 1. The fraction of sp³-hybridized carbons (Fsp3) is 0.296. The fourth-order valence-electron chi connectivity index (χ4n) is 5.10. The lowest BCUT2D eigenvalue weighted by Gasteiger charge is -2.34. The Morgan fingerprint density at radius 3 is 2.60 bits per heavy atom. The van der Waals surface area contributed by atoms with Crippen LogP contribution in [-0.2, 0) is 16.1 Å². The second-order valence-corrected chi connectivity index (χ2v) is 10.8. The third kappa shape index (κ3) is 4.40. The third-order valence-corrected chi connectivity index (χ3v) is 7.49. The molecule has 0 unspecified atom stereocenters. The highest BCUT2D eigenvalue weighted by molar-refractivity contribution is 9.10. The van der Waals surface area contributed by atoms with Crippen molar-refractivity contribution in [1.82, 2.24) is 39.6 Å². The number of fused-ring (bicyclic) bond motifs is 2. The van der Waals surface area contributed by atoms with Crippen molar-refractivity contribution in [1.29, 1.82) is 0 Å². The van der Waals surface area contributed by atoms with Crippen molar-refractivity contribution in [3.05, 3.63) is 53.2 Å². The van der Waals surface area contributed by atoms with Crippen LogP contribution in [0.15, 0.2) is 41.7 Å². The molecule has 4 aromatic rings. The lowest BCUT2D eigenvalue weighted by molar-refractivity contribution is -0.138. The average molecular weight is 600 g/mol. The summed E-state index contributed by atoms with van der Waals surface area (Å²) in [5, 5.41) is 7.78. The molecule has 0 bridgehead atoms. The van der Waals surface area contributed by atoms with Crippen molar-refractivity contribution >= 4 is 50.2 Å². The number of amides is 2. The van der Waals surface area contributed by atoms with Gasteiger partial charge in [-0.3, -0.25) is 29.0 Å². The Morgan fingerprint density at radius 1 is 1.15 bits per heavy atom. The van der Waals surface area contributed by atoms with Gasteiger partial charge in [0.15, 0.2) is 11.6 Å². The SMILES string of the molecule is CC(=O)c1nn(CC(=O)N2[C@H](C(=O)Nc3cncc(Br)n3)C[C@@]3(C)C#C[C@@H]23)c2cnc(-c3cnc(C)nc3)cc12. The zero-order chi connectivity index (χ0) is 28.2. The van der Waals surface area contributed by atoms with Crippen molar-refractivity contribution in [3.63, 3.8) is 0 Å². The van der Waals surface area contributed by atoms with Crippen molar-refractivity contribution in [2.24, 2.45) is 5.41 Å². The zero-order valence-electron chi connectivity index (χ0n) is 21.7. The van der Waals surface area contributed by atoms with E-state index in [0.717, 1.165) is 0 Å². The summed E-state index contributed by atoms with van der Waals surface area (Å²) >= 11 is 3.24. The molecule has 0 saturated carbocycles. The van der Waals surface area contributed by atoms with Crippen LogP contribution in [0.25, 0.3) is 22.2 Å². The van der Waals surface area contributed by atoms with Gasteiger partial charge in [0, 0.05) is 30.3 Å². The van der Waals surface area contributed by atoms with E-state index in [1.807, 2.05) is 6.92 Å². The van der Waals surface area contributed by atoms with Crippen LogP contribution in [-0.4, -0.2) is 69.3 Å². The molecule has 1 fully saturated rings. The van der Waals surface area contributed by atoms with E-state index in [2.05, 4.69) is 63.1 Å². The Balaban J connectivity index is 1.31. The number of aromatic nitrogens is 7. The summed E-state index contributed by atoms with van der Waals surface area (Å²) in [6.45, 7) is 4.95. The quantitative estimate of drug-likeness (QED) is 0.260. The van der Waals surface area contributed by atoms with Crippen molar-refractivity contribution in [3.8, 4) is 23.1 Å². The number of anilines is 1. The number of hydrogen-bond donors (Lipinski definition) is 1. The van der Waals surface area contributed by atoms with Gasteiger partial charge in [-0.25, -0.2) is 15.0 Å². The maximum Gasteiger partial charge on any atom is 0.248 e. The summed E-state index contributed by atoms with van der Waals surface area (Å²) in [5.74, 6) is 6.07. The smallest absolute Gasteiger partial charge is 0.248 e.